The summed E-state index contributed by atoms with van der Waals surface area (Å²) in [6.07, 6.45) is -1.43. The largest absolute Gasteiger partial charge is 0.405 e. The molecule has 0 amide bonds. The van der Waals surface area contributed by atoms with Crippen molar-refractivity contribution in [3.8, 4) is 0 Å². The maximum absolute atomic E-state index is 12.9. The lowest BCUT2D eigenvalue weighted by Crippen LogP contribution is -2.40. The van der Waals surface area contributed by atoms with Crippen molar-refractivity contribution < 1.29 is 19.0 Å². The summed E-state index contributed by atoms with van der Waals surface area (Å²) >= 11 is 0. The third-order valence-corrected chi connectivity index (χ3v) is 4.85. The van der Waals surface area contributed by atoms with Gasteiger partial charge in [0.15, 0.2) is 12.4 Å². The fourth-order valence-corrected chi connectivity index (χ4v) is 3.47. The SMILES string of the molecule is CCOC(C)OC1C(=O)OC(c2ccccc2)=NC1c1ccc2ccccc2c1. The number of hydrogen-bond donors (Lipinski definition) is 0. The average molecular weight is 389 g/mol. The lowest BCUT2D eigenvalue weighted by molar-refractivity contribution is -0.187. The predicted molar refractivity (Wildman–Crippen MR) is 112 cm³/mol. The zero-order valence-corrected chi connectivity index (χ0v) is 16.4. The third kappa shape index (κ3) is 4.21. The number of nitrogens with zero attached hydrogens (tertiary/aromatic N) is 1. The first-order valence-electron chi connectivity index (χ1n) is 9.76. The lowest BCUT2D eigenvalue weighted by Gasteiger charge is -2.30. The van der Waals surface area contributed by atoms with Gasteiger partial charge in [-0.1, -0.05) is 54.6 Å². The number of fused-ring (bicyclic) bond motifs is 1. The van der Waals surface area contributed by atoms with Crippen LogP contribution in [0.1, 0.15) is 31.0 Å². The molecule has 1 heterocycles. The number of esters is 1. The van der Waals surface area contributed by atoms with Gasteiger partial charge in [-0.3, -0.25) is 0 Å². The molecule has 29 heavy (non-hydrogen) atoms. The minimum atomic E-state index is -0.884. The zero-order chi connectivity index (χ0) is 20.2. The summed E-state index contributed by atoms with van der Waals surface area (Å²) in [6.45, 7) is 4.14. The van der Waals surface area contributed by atoms with Crippen molar-refractivity contribution in [2.24, 2.45) is 4.99 Å². The number of benzene rings is 3. The smallest absolute Gasteiger partial charge is 0.344 e. The Morgan fingerprint density at radius 1 is 1.00 bits per heavy atom. The van der Waals surface area contributed by atoms with Crippen LogP contribution in [-0.4, -0.2) is 30.9 Å². The van der Waals surface area contributed by atoms with Gasteiger partial charge in [0.2, 0.25) is 5.90 Å². The first-order chi connectivity index (χ1) is 14.2. The molecular formula is C24H23NO4. The monoisotopic (exact) mass is 389 g/mol. The second kappa shape index (κ2) is 8.55. The first kappa shape index (κ1) is 19.3. The Labute approximate surface area is 169 Å². The first-order valence-corrected chi connectivity index (χ1v) is 9.76. The molecule has 0 fully saturated rings. The second-order valence-electron chi connectivity index (χ2n) is 6.85. The van der Waals surface area contributed by atoms with Crippen molar-refractivity contribution in [3.05, 3.63) is 83.9 Å². The third-order valence-electron chi connectivity index (χ3n) is 4.85. The van der Waals surface area contributed by atoms with Crippen LogP contribution in [0.5, 0.6) is 0 Å². The van der Waals surface area contributed by atoms with Crippen LogP contribution in [0.3, 0.4) is 0 Å². The molecule has 5 nitrogen and oxygen atoms in total. The summed E-state index contributed by atoms with van der Waals surface area (Å²) in [4.78, 5) is 17.6. The van der Waals surface area contributed by atoms with E-state index in [0.29, 0.717) is 12.5 Å². The molecule has 0 saturated carbocycles. The van der Waals surface area contributed by atoms with Gasteiger partial charge in [-0.2, -0.15) is 0 Å². The van der Waals surface area contributed by atoms with E-state index in [2.05, 4.69) is 6.07 Å². The topological polar surface area (TPSA) is 57.1 Å². The molecule has 0 radical (unpaired) electrons. The fraction of sp³-hybridized carbons (Fsp3) is 0.250. The molecular weight excluding hydrogens is 366 g/mol. The molecule has 0 aromatic heterocycles. The number of carbonyl (C=O) groups is 1. The lowest BCUT2D eigenvalue weighted by atomic mass is 9.97. The van der Waals surface area contributed by atoms with E-state index < -0.39 is 24.4 Å². The average Bonchev–Trinajstić information content (AvgIpc) is 2.75. The van der Waals surface area contributed by atoms with E-state index in [-0.39, 0.29) is 0 Å². The maximum atomic E-state index is 12.9. The Morgan fingerprint density at radius 2 is 1.72 bits per heavy atom. The van der Waals surface area contributed by atoms with Crippen molar-refractivity contribution in [1.29, 1.82) is 0 Å². The molecule has 0 saturated heterocycles. The van der Waals surface area contributed by atoms with E-state index in [1.165, 1.54) is 0 Å². The van der Waals surface area contributed by atoms with Gasteiger partial charge < -0.3 is 14.2 Å². The number of rotatable bonds is 6. The number of hydrogen-bond acceptors (Lipinski definition) is 5. The number of cyclic esters (lactones) is 1. The van der Waals surface area contributed by atoms with Gasteiger partial charge in [-0.25, -0.2) is 9.79 Å². The van der Waals surface area contributed by atoms with Crippen molar-refractivity contribution in [2.45, 2.75) is 32.3 Å². The highest BCUT2D eigenvalue weighted by Gasteiger charge is 2.39. The van der Waals surface area contributed by atoms with Crippen molar-refractivity contribution in [3.63, 3.8) is 0 Å². The summed E-state index contributed by atoms with van der Waals surface area (Å²) in [5, 5.41) is 2.21. The minimum absolute atomic E-state index is 0.303. The van der Waals surface area contributed by atoms with E-state index in [0.717, 1.165) is 21.9 Å². The van der Waals surface area contributed by atoms with Crippen LogP contribution in [0.25, 0.3) is 10.8 Å². The summed E-state index contributed by atoms with van der Waals surface area (Å²) < 4.78 is 16.9. The number of ether oxygens (including phenoxy) is 3. The van der Waals surface area contributed by atoms with Crippen LogP contribution < -0.4 is 0 Å². The van der Waals surface area contributed by atoms with Crippen LogP contribution in [0.15, 0.2) is 77.8 Å². The molecule has 0 spiro atoms. The van der Waals surface area contributed by atoms with Crippen LogP contribution in [-0.2, 0) is 19.0 Å². The van der Waals surface area contributed by atoms with Crippen LogP contribution in [0.4, 0.5) is 0 Å². The van der Waals surface area contributed by atoms with Crippen LogP contribution in [0.2, 0.25) is 0 Å². The van der Waals surface area contributed by atoms with Gasteiger partial charge in [0.05, 0.1) is 0 Å². The fourth-order valence-electron chi connectivity index (χ4n) is 3.47. The van der Waals surface area contributed by atoms with Gasteiger partial charge in [0.25, 0.3) is 0 Å². The van der Waals surface area contributed by atoms with Crippen LogP contribution >= 0.6 is 0 Å². The maximum Gasteiger partial charge on any atom is 0.344 e. The number of aliphatic imine (C=N–C) groups is 1. The van der Waals surface area contributed by atoms with E-state index in [4.69, 9.17) is 19.2 Å². The van der Waals surface area contributed by atoms with Gasteiger partial charge in [-0.05, 0) is 48.4 Å². The molecule has 0 N–H and O–H groups in total. The summed E-state index contributed by atoms with van der Waals surface area (Å²) in [6, 6.07) is 23.0. The zero-order valence-electron chi connectivity index (χ0n) is 16.4. The van der Waals surface area contributed by atoms with E-state index in [1.54, 1.807) is 6.92 Å². The van der Waals surface area contributed by atoms with Gasteiger partial charge in [0, 0.05) is 12.2 Å². The Kier molecular flexibility index (Phi) is 5.69. The Hall–Kier alpha value is -3.02. The van der Waals surface area contributed by atoms with Crippen molar-refractivity contribution in [1.82, 2.24) is 0 Å². The van der Waals surface area contributed by atoms with Crippen LogP contribution in [0, 0.1) is 0 Å². The highest BCUT2D eigenvalue weighted by Crippen LogP contribution is 2.32. The highest BCUT2D eigenvalue weighted by atomic mass is 16.7. The van der Waals surface area contributed by atoms with Crippen molar-refractivity contribution >= 4 is 22.6 Å². The molecule has 1 aliphatic rings. The van der Waals surface area contributed by atoms with Crippen molar-refractivity contribution in [2.75, 3.05) is 6.61 Å². The van der Waals surface area contributed by atoms with Gasteiger partial charge >= 0.3 is 5.97 Å². The molecule has 5 heteroatoms. The quantitative estimate of drug-likeness (QED) is 0.455. The summed E-state index contributed by atoms with van der Waals surface area (Å²) in [5.41, 5.74) is 1.64. The molecule has 4 rings (SSSR count). The molecule has 3 aromatic carbocycles. The Morgan fingerprint density at radius 3 is 2.48 bits per heavy atom. The van der Waals surface area contributed by atoms with Gasteiger partial charge in [-0.15, -0.1) is 0 Å². The van der Waals surface area contributed by atoms with E-state index in [9.17, 15) is 4.79 Å². The second-order valence-corrected chi connectivity index (χ2v) is 6.85. The van der Waals surface area contributed by atoms with E-state index >= 15 is 0 Å². The molecule has 3 unspecified atom stereocenters. The standard InChI is InChI=1S/C24H23NO4/c1-3-27-16(2)28-22-21(20-14-13-17-9-7-8-12-19(17)15-20)25-23(29-24(22)26)18-10-5-4-6-11-18/h4-16,21-22H,3H2,1-2H3. The minimum Gasteiger partial charge on any atom is -0.405 e. The predicted octanol–water partition coefficient (Wildman–Crippen LogP) is 4.65. The Bertz CT molecular complexity index is 1030. The molecule has 0 bridgehead atoms. The number of carbonyl (C=O) groups excluding carboxylic acids is 1. The molecule has 3 aromatic rings. The Balaban J connectivity index is 1.76. The molecule has 148 valence electrons. The highest BCUT2D eigenvalue weighted by molar-refractivity contribution is 6.03. The molecule has 0 aliphatic carbocycles. The summed E-state index contributed by atoms with van der Waals surface area (Å²) in [7, 11) is 0. The molecule has 1 aliphatic heterocycles. The van der Waals surface area contributed by atoms with E-state index in [1.807, 2.05) is 73.7 Å². The molecule has 3 atom stereocenters. The van der Waals surface area contributed by atoms with Gasteiger partial charge in [0.1, 0.15) is 6.04 Å². The normalized spacial score (nSPS) is 20.2. The summed E-state index contributed by atoms with van der Waals surface area (Å²) in [5.74, 6) is -0.166.